The van der Waals surface area contributed by atoms with Crippen LogP contribution in [-0.4, -0.2) is 38.6 Å². The van der Waals surface area contributed by atoms with Gasteiger partial charge in [0.1, 0.15) is 13.2 Å². The molecule has 1 aliphatic heterocycles. The van der Waals surface area contributed by atoms with E-state index in [4.69, 9.17) is 0 Å². The van der Waals surface area contributed by atoms with Crippen LogP contribution in [0.5, 0.6) is 0 Å². The van der Waals surface area contributed by atoms with Crippen LogP contribution < -0.4 is 5.32 Å². The molecule has 0 aliphatic carbocycles. The fourth-order valence-electron chi connectivity index (χ4n) is 0.688. The van der Waals surface area contributed by atoms with Crippen molar-refractivity contribution in [2.75, 3.05) is 20.3 Å². The van der Waals surface area contributed by atoms with Crippen molar-refractivity contribution in [1.29, 1.82) is 0 Å². The minimum Gasteiger partial charge on any atom is -0.445 e. The first-order valence-corrected chi connectivity index (χ1v) is 4.40. The van der Waals surface area contributed by atoms with Gasteiger partial charge in [0.25, 0.3) is 0 Å². The molecule has 1 rings (SSSR count). The zero-order valence-electron chi connectivity index (χ0n) is 8.53. The third-order valence-electron chi connectivity index (χ3n) is 1.25. The number of amides is 1. The van der Waals surface area contributed by atoms with Crippen LogP contribution in [-0.2, 0) is 14.2 Å². The first-order chi connectivity index (χ1) is 6.72. The molecule has 6 heteroatoms. The average Bonchev–Trinajstić information content (AvgIpc) is 2.64. The summed E-state index contributed by atoms with van der Waals surface area (Å²) in [5, 5.41) is 2.26. The Morgan fingerprint density at radius 1 is 1.64 bits per heavy atom. The van der Waals surface area contributed by atoms with Crippen LogP contribution in [0.25, 0.3) is 0 Å². The third kappa shape index (κ3) is 4.54. The molecule has 1 N–H and O–H groups in total. The van der Waals surface area contributed by atoms with Crippen LogP contribution in [0.2, 0.25) is 0 Å². The molecule has 1 unspecified atom stereocenters. The summed E-state index contributed by atoms with van der Waals surface area (Å²) in [4.78, 5) is 20.9. The summed E-state index contributed by atoms with van der Waals surface area (Å²) in [7, 11) is 1.44. The monoisotopic (exact) mass is 205 g/mol. The van der Waals surface area contributed by atoms with Crippen LogP contribution in [0.15, 0.2) is 0 Å². The molecule has 1 fully saturated rings. The molecule has 1 atom stereocenters. The molecule has 0 saturated carbocycles. The number of cyclic esters (lactones) is 2. The molecule has 0 bridgehead atoms. The number of ether oxygens (including phenoxy) is 3. The first-order valence-electron chi connectivity index (χ1n) is 4.40. The quantitative estimate of drug-likeness (QED) is 0.678. The van der Waals surface area contributed by atoms with Crippen LogP contribution in [0.3, 0.4) is 0 Å². The van der Waals surface area contributed by atoms with Crippen molar-refractivity contribution in [3.63, 3.8) is 0 Å². The molecule has 0 aromatic rings. The van der Waals surface area contributed by atoms with E-state index in [0.29, 0.717) is 0 Å². The van der Waals surface area contributed by atoms with Gasteiger partial charge in [0.2, 0.25) is 0 Å². The van der Waals surface area contributed by atoms with Gasteiger partial charge in [-0.1, -0.05) is 13.8 Å². The zero-order valence-corrected chi connectivity index (χ0v) is 8.53. The molecule has 82 valence electrons. The lowest BCUT2D eigenvalue weighted by atomic mass is 10.4. The number of nitrogens with one attached hydrogen (secondary N) is 1. The van der Waals surface area contributed by atoms with Gasteiger partial charge in [0, 0.05) is 7.05 Å². The summed E-state index contributed by atoms with van der Waals surface area (Å²) in [5.74, 6) is 0. The molecular formula is C8H15NO5. The van der Waals surface area contributed by atoms with Gasteiger partial charge in [-0.15, -0.1) is 0 Å². The van der Waals surface area contributed by atoms with E-state index >= 15 is 0 Å². The molecule has 1 heterocycles. The Morgan fingerprint density at radius 2 is 2.29 bits per heavy atom. The predicted molar refractivity (Wildman–Crippen MR) is 48.0 cm³/mol. The third-order valence-corrected chi connectivity index (χ3v) is 1.25. The van der Waals surface area contributed by atoms with Gasteiger partial charge in [-0.05, 0) is 0 Å². The predicted octanol–water partition coefficient (Wildman–Crippen LogP) is 0.904. The minimum absolute atomic E-state index is 0.0193. The minimum atomic E-state index is -0.722. The summed E-state index contributed by atoms with van der Waals surface area (Å²) in [6.07, 6.45) is -1.76. The SMILES string of the molecule is CC.CNC(=O)OCC1COC(=O)O1. The van der Waals surface area contributed by atoms with E-state index in [1.165, 1.54) is 7.05 Å². The maximum Gasteiger partial charge on any atom is 0.508 e. The fourth-order valence-corrected chi connectivity index (χ4v) is 0.688. The Labute approximate surface area is 82.5 Å². The maximum absolute atomic E-state index is 10.5. The smallest absolute Gasteiger partial charge is 0.445 e. The molecule has 0 aromatic carbocycles. The number of hydrogen-bond donors (Lipinski definition) is 1. The fraction of sp³-hybridized carbons (Fsp3) is 0.750. The second-order valence-corrected chi connectivity index (χ2v) is 2.15. The van der Waals surface area contributed by atoms with Crippen molar-refractivity contribution in [2.45, 2.75) is 20.0 Å². The Morgan fingerprint density at radius 3 is 2.71 bits per heavy atom. The van der Waals surface area contributed by atoms with Gasteiger partial charge in [0.05, 0.1) is 0 Å². The largest absolute Gasteiger partial charge is 0.508 e. The van der Waals surface area contributed by atoms with E-state index in [1.54, 1.807) is 0 Å². The van der Waals surface area contributed by atoms with Gasteiger partial charge in [-0.2, -0.15) is 0 Å². The van der Waals surface area contributed by atoms with Crippen molar-refractivity contribution in [2.24, 2.45) is 0 Å². The van der Waals surface area contributed by atoms with Gasteiger partial charge in [0.15, 0.2) is 6.10 Å². The van der Waals surface area contributed by atoms with Crippen LogP contribution >= 0.6 is 0 Å². The van der Waals surface area contributed by atoms with Crippen molar-refractivity contribution in [1.82, 2.24) is 5.32 Å². The Hall–Kier alpha value is -1.46. The second-order valence-electron chi connectivity index (χ2n) is 2.15. The van der Waals surface area contributed by atoms with Crippen molar-refractivity contribution < 1.29 is 23.8 Å². The molecule has 0 radical (unpaired) electrons. The average molecular weight is 205 g/mol. The highest BCUT2D eigenvalue weighted by Crippen LogP contribution is 2.05. The zero-order chi connectivity index (χ0) is 11.0. The van der Waals surface area contributed by atoms with Crippen LogP contribution in [0, 0.1) is 0 Å². The van der Waals surface area contributed by atoms with E-state index < -0.39 is 18.4 Å². The molecule has 1 amide bonds. The number of carbonyl (C=O) groups excluding carboxylic acids is 2. The lowest BCUT2D eigenvalue weighted by Gasteiger charge is -2.06. The van der Waals surface area contributed by atoms with Gasteiger partial charge < -0.3 is 19.5 Å². The topological polar surface area (TPSA) is 73.9 Å². The number of alkyl carbamates (subject to hydrolysis) is 1. The second kappa shape index (κ2) is 6.99. The summed E-state index contributed by atoms with van der Waals surface area (Å²) in [6.45, 7) is 4.15. The standard InChI is InChI=1S/C6H9NO5.C2H6/c1-7-5(8)10-2-4-3-11-6(9)12-4;1-2/h4H,2-3H2,1H3,(H,7,8);1-2H3. The van der Waals surface area contributed by atoms with E-state index in [9.17, 15) is 9.59 Å². The molecular weight excluding hydrogens is 190 g/mol. The van der Waals surface area contributed by atoms with Crippen LogP contribution in [0.4, 0.5) is 9.59 Å². The summed E-state index contributed by atoms with van der Waals surface area (Å²) in [6, 6.07) is 0. The normalized spacial score (nSPS) is 18.5. The van der Waals surface area contributed by atoms with E-state index in [-0.39, 0.29) is 13.2 Å². The van der Waals surface area contributed by atoms with Crippen molar-refractivity contribution in [3.05, 3.63) is 0 Å². The molecule has 1 aliphatic rings. The Kier molecular flexibility index (Phi) is 6.26. The summed E-state index contributed by atoms with van der Waals surface area (Å²) in [5.41, 5.74) is 0. The number of rotatable bonds is 2. The van der Waals surface area contributed by atoms with E-state index in [2.05, 4.69) is 19.5 Å². The summed E-state index contributed by atoms with van der Waals surface area (Å²) < 4.78 is 13.7. The number of hydrogen-bond acceptors (Lipinski definition) is 5. The van der Waals surface area contributed by atoms with Gasteiger partial charge >= 0.3 is 12.2 Å². The number of carbonyl (C=O) groups is 2. The maximum atomic E-state index is 10.5. The Bertz CT molecular complexity index is 194. The lowest BCUT2D eigenvalue weighted by molar-refractivity contribution is 0.0735. The molecule has 14 heavy (non-hydrogen) atoms. The highest BCUT2D eigenvalue weighted by atomic mass is 16.8. The molecule has 0 spiro atoms. The molecule has 1 saturated heterocycles. The van der Waals surface area contributed by atoms with Crippen LogP contribution in [0.1, 0.15) is 13.8 Å². The molecule has 0 aromatic heterocycles. The van der Waals surface area contributed by atoms with E-state index in [1.807, 2.05) is 13.8 Å². The van der Waals surface area contributed by atoms with Crippen molar-refractivity contribution >= 4 is 12.2 Å². The van der Waals surface area contributed by atoms with E-state index in [0.717, 1.165) is 0 Å². The highest BCUT2D eigenvalue weighted by Gasteiger charge is 2.25. The Balaban J connectivity index is 0.000000791. The highest BCUT2D eigenvalue weighted by molar-refractivity contribution is 5.66. The lowest BCUT2D eigenvalue weighted by Crippen LogP contribution is -2.26. The summed E-state index contributed by atoms with van der Waals surface area (Å²) >= 11 is 0. The first kappa shape index (κ1) is 12.5. The molecule has 6 nitrogen and oxygen atoms in total. The van der Waals surface area contributed by atoms with Gasteiger partial charge in [-0.3, -0.25) is 0 Å². The van der Waals surface area contributed by atoms with Gasteiger partial charge in [-0.25, -0.2) is 9.59 Å². The van der Waals surface area contributed by atoms with Crippen molar-refractivity contribution in [3.8, 4) is 0 Å².